The van der Waals surface area contributed by atoms with Crippen LogP contribution in [0.25, 0.3) is 0 Å². The minimum absolute atomic E-state index is 0.0470. The van der Waals surface area contributed by atoms with Gasteiger partial charge in [-0.1, -0.05) is 5.16 Å². The summed E-state index contributed by atoms with van der Waals surface area (Å²) >= 11 is 1.62. The molecule has 0 bridgehead atoms. The zero-order valence-corrected chi connectivity index (χ0v) is 13.6. The number of carbonyl (C=O) groups excluding carboxylic acids is 1. The fraction of sp³-hybridized carbons (Fsp3) is 0.412. The van der Waals surface area contributed by atoms with E-state index in [4.69, 9.17) is 4.52 Å². The van der Waals surface area contributed by atoms with Crippen LogP contribution in [0.3, 0.4) is 0 Å². The Morgan fingerprint density at radius 3 is 2.87 bits per heavy atom. The highest BCUT2D eigenvalue weighted by molar-refractivity contribution is 7.99. The number of nitrogens with zero attached hydrogens (tertiary/aromatic N) is 1. The zero-order chi connectivity index (χ0) is 16.1. The molecule has 0 saturated carbocycles. The lowest BCUT2D eigenvalue weighted by molar-refractivity contribution is -0.116. The summed E-state index contributed by atoms with van der Waals surface area (Å²) in [6.45, 7) is 0. The highest BCUT2D eigenvalue weighted by atomic mass is 32.2. The Labute approximate surface area is 138 Å². The Bertz CT molecular complexity index is 670. The van der Waals surface area contributed by atoms with Crippen molar-refractivity contribution in [1.82, 2.24) is 5.16 Å². The lowest BCUT2D eigenvalue weighted by Crippen LogP contribution is -2.13. The molecule has 0 aliphatic heterocycles. The number of anilines is 1. The van der Waals surface area contributed by atoms with Crippen LogP contribution in [0, 0.1) is 5.82 Å². The van der Waals surface area contributed by atoms with Gasteiger partial charge in [0.25, 0.3) is 0 Å². The Hall–Kier alpha value is -1.82. The SMILES string of the molecule is O=C(CCCSc1ccc(F)cc1)Nc1onc2c1CCCC2. The van der Waals surface area contributed by atoms with Gasteiger partial charge in [-0.15, -0.1) is 11.8 Å². The Balaban J connectivity index is 1.41. The molecule has 0 fully saturated rings. The number of halogens is 1. The first-order valence-electron chi connectivity index (χ1n) is 7.88. The molecule has 0 unspecified atom stereocenters. The monoisotopic (exact) mass is 334 g/mol. The molecule has 0 spiro atoms. The van der Waals surface area contributed by atoms with Crippen LogP contribution in [-0.4, -0.2) is 16.8 Å². The quantitative estimate of drug-likeness (QED) is 0.635. The Morgan fingerprint density at radius 1 is 1.26 bits per heavy atom. The zero-order valence-electron chi connectivity index (χ0n) is 12.8. The van der Waals surface area contributed by atoms with Crippen LogP contribution < -0.4 is 5.32 Å². The fourth-order valence-electron chi connectivity index (χ4n) is 2.63. The van der Waals surface area contributed by atoms with Gasteiger partial charge in [-0.2, -0.15) is 0 Å². The lowest BCUT2D eigenvalue weighted by Gasteiger charge is -2.09. The van der Waals surface area contributed by atoms with Crippen molar-refractivity contribution in [3.05, 3.63) is 41.3 Å². The molecule has 2 aromatic rings. The van der Waals surface area contributed by atoms with Crippen LogP contribution >= 0.6 is 11.8 Å². The van der Waals surface area contributed by atoms with Gasteiger partial charge in [0, 0.05) is 16.9 Å². The van der Waals surface area contributed by atoms with Gasteiger partial charge in [0.15, 0.2) is 0 Å². The number of amides is 1. The number of carbonyl (C=O) groups is 1. The summed E-state index contributed by atoms with van der Waals surface area (Å²) in [4.78, 5) is 13.0. The van der Waals surface area contributed by atoms with Crippen LogP contribution in [-0.2, 0) is 17.6 Å². The minimum atomic E-state index is -0.232. The molecule has 1 amide bonds. The number of benzene rings is 1. The van der Waals surface area contributed by atoms with Gasteiger partial charge >= 0.3 is 0 Å². The lowest BCUT2D eigenvalue weighted by atomic mass is 9.98. The van der Waals surface area contributed by atoms with Crippen molar-refractivity contribution in [2.75, 3.05) is 11.1 Å². The molecule has 1 heterocycles. The molecule has 1 aromatic carbocycles. The summed E-state index contributed by atoms with van der Waals surface area (Å²) in [5.74, 6) is 1.06. The standard InChI is InChI=1S/C17H19FN2O2S/c18-12-7-9-13(10-8-12)23-11-3-6-16(21)19-17-14-4-1-2-5-15(14)20-22-17/h7-10H,1-6,11H2,(H,19,21). The smallest absolute Gasteiger partial charge is 0.234 e. The van der Waals surface area contributed by atoms with Gasteiger partial charge in [0.1, 0.15) is 5.82 Å². The molecule has 0 atom stereocenters. The molecule has 1 aromatic heterocycles. The first kappa shape index (κ1) is 16.1. The van der Waals surface area contributed by atoms with Gasteiger partial charge in [-0.05, 0) is 62.1 Å². The van der Waals surface area contributed by atoms with E-state index in [1.807, 2.05) is 0 Å². The molecule has 1 aliphatic rings. The van der Waals surface area contributed by atoms with E-state index < -0.39 is 0 Å². The summed E-state index contributed by atoms with van der Waals surface area (Å²) in [6, 6.07) is 6.39. The van der Waals surface area contributed by atoms with E-state index in [-0.39, 0.29) is 11.7 Å². The normalized spacial score (nSPS) is 13.6. The maximum absolute atomic E-state index is 12.8. The van der Waals surface area contributed by atoms with Crippen molar-refractivity contribution in [3.8, 4) is 0 Å². The second-order valence-electron chi connectivity index (χ2n) is 5.60. The third-order valence-corrected chi connectivity index (χ3v) is 4.94. The van der Waals surface area contributed by atoms with Gasteiger partial charge < -0.3 is 4.52 Å². The fourth-order valence-corrected chi connectivity index (χ4v) is 3.48. The molecular formula is C17H19FN2O2S. The minimum Gasteiger partial charge on any atom is -0.338 e. The number of fused-ring (bicyclic) bond motifs is 1. The van der Waals surface area contributed by atoms with E-state index in [1.54, 1.807) is 23.9 Å². The van der Waals surface area contributed by atoms with E-state index in [0.717, 1.165) is 54.0 Å². The van der Waals surface area contributed by atoms with Crippen LogP contribution in [0.1, 0.15) is 36.9 Å². The third kappa shape index (κ3) is 4.34. The van der Waals surface area contributed by atoms with Gasteiger partial charge in [0.05, 0.1) is 5.69 Å². The number of hydrogen-bond acceptors (Lipinski definition) is 4. The Morgan fingerprint density at radius 2 is 2.04 bits per heavy atom. The van der Waals surface area contributed by atoms with Crippen molar-refractivity contribution in [2.45, 2.75) is 43.4 Å². The van der Waals surface area contributed by atoms with Crippen molar-refractivity contribution in [2.24, 2.45) is 0 Å². The number of aryl methyl sites for hydroxylation is 1. The van der Waals surface area contributed by atoms with Crippen LogP contribution in [0.5, 0.6) is 0 Å². The molecule has 6 heteroatoms. The first-order chi connectivity index (χ1) is 11.2. The second-order valence-corrected chi connectivity index (χ2v) is 6.77. The summed E-state index contributed by atoms with van der Waals surface area (Å²) in [6.07, 6.45) is 5.30. The number of hydrogen-bond donors (Lipinski definition) is 1. The number of thioether (sulfide) groups is 1. The number of rotatable bonds is 6. The molecule has 3 rings (SSSR count). The third-order valence-electron chi connectivity index (χ3n) is 3.84. The molecular weight excluding hydrogens is 315 g/mol. The highest BCUT2D eigenvalue weighted by Crippen LogP contribution is 2.27. The topological polar surface area (TPSA) is 55.1 Å². The summed E-state index contributed by atoms with van der Waals surface area (Å²) in [5, 5.41) is 6.86. The predicted octanol–water partition coefficient (Wildman–Crippen LogP) is 4.20. The molecule has 0 radical (unpaired) electrons. The van der Waals surface area contributed by atoms with E-state index in [0.29, 0.717) is 12.3 Å². The highest BCUT2D eigenvalue weighted by Gasteiger charge is 2.20. The summed E-state index contributed by atoms with van der Waals surface area (Å²) in [5.41, 5.74) is 2.05. The first-order valence-corrected chi connectivity index (χ1v) is 8.86. The molecule has 0 saturated heterocycles. The predicted molar refractivity (Wildman–Crippen MR) is 88.1 cm³/mol. The van der Waals surface area contributed by atoms with Gasteiger partial charge in [0.2, 0.25) is 11.8 Å². The summed E-state index contributed by atoms with van der Waals surface area (Å²) in [7, 11) is 0. The Kier molecular flexibility index (Phi) is 5.33. The van der Waals surface area contributed by atoms with Crippen molar-refractivity contribution < 1.29 is 13.7 Å². The van der Waals surface area contributed by atoms with E-state index >= 15 is 0 Å². The molecule has 1 N–H and O–H groups in total. The second kappa shape index (κ2) is 7.64. The van der Waals surface area contributed by atoms with Crippen molar-refractivity contribution in [3.63, 3.8) is 0 Å². The van der Waals surface area contributed by atoms with Gasteiger partial charge in [-0.3, -0.25) is 10.1 Å². The average Bonchev–Trinajstić information content (AvgIpc) is 2.96. The van der Waals surface area contributed by atoms with E-state index in [9.17, 15) is 9.18 Å². The van der Waals surface area contributed by atoms with Crippen molar-refractivity contribution in [1.29, 1.82) is 0 Å². The van der Waals surface area contributed by atoms with Crippen LogP contribution in [0.15, 0.2) is 33.7 Å². The molecule has 122 valence electrons. The summed E-state index contributed by atoms with van der Waals surface area (Å²) < 4.78 is 18.1. The van der Waals surface area contributed by atoms with E-state index in [1.165, 1.54) is 12.1 Å². The average molecular weight is 334 g/mol. The van der Waals surface area contributed by atoms with Crippen LogP contribution in [0.4, 0.5) is 10.3 Å². The molecule has 23 heavy (non-hydrogen) atoms. The van der Waals surface area contributed by atoms with Crippen molar-refractivity contribution >= 4 is 23.6 Å². The largest absolute Gasteiger partial charge is 0.338 e. The number of aromatic nitrogens is 1. The molecule has 4 nitrogen and oxygen atoms in total. The van der Waals surface area contributed by atoms with Crippen LogP contribution in [0.2, 0.25) is 0 Å². The maximum atomic E-state index is 12.8. The van der Waals surface area contributed by atoms with E-state index in [2.05, 4.69) is 10.5 Å². The maximum Gasteiger partial charge on any atom is 0.234 e. The molecule has 1 aliphatic carbocycles. The number of nitrogens with one attached hydrogen (secondary N) is 1. The van der Waals surface area contributed by atoms with Gasteiger partial charge in [-0.25, -0.2) is 4.39 Å².